The molecule has 1 atom stereocenters. The summed E-state index contributed by atoms with van der Waals surface area (Å²) < 4.78 is 25.3. The lowest BCUT2D eigenvalue weighted by Crippen LogP contribution is -2.37. The van der Waals surface area contributed by atoms with E-state index in [0.29, 0.717) is 25.7 Å². The highest BCUT2D eigenvalue weighted by Gasteiger charge is 2.31. The van der Waals surface area contributed by atoms with Crippen molar-refractivity contribution in [1.29, 1.82) is 0 Å². The van der Waals surface area contributed by atoms with Crippen LogP contribution in [-0.4, -0.2) is 70.2 Å². The zero-order valence-electron chi connectivity index (χ0n) is 9.73. The first-order valence-electron chi connectivity index (χ1n) is 5.26. The van der Waals surface area contributed by atoms with Crippen molar-refractivity contribution in [3.63, 3.8) is 0 Å². The maximum atomic E-state index is 11.8. The zero-order valence-corrected chi connectivity index (χ0v) is 10.5. The fraction of sp³-hybridized carbons (Fsp3) is 1.00. The second kappa shape index (κ2) is 5.25. The maximum Gasteiger partial charge on any atom is 0.215 e. The summed E-state index contributed by atoms with van der Waals surface area (Å²) in [6, 6.07) is 0.370. The number of rotatable bonds is 5. The molecule has 1 fully saturated rings. The van der Waals surface area contributed by atoms with Gasteiger partial charge in [0.05, 0.1) is 5.75 Å². The summed E-state index contributed by atoms with van der Waals surface area (Å²) in [5.74, 6) is 0.198. The molecule has 0 radical (unpaired) electrons. The van der Waals surface area contributed by atoms with Crippen LogP contribution in [0.4, 0.5) is 0 Å². The van der Waals surface area contributed by atoms with Gasteiger partial charge in [0.1, 0.15) is 0 Å². The molecule has 0 saturated carbocycles. The molecule has 0 bridgehead atoms. The topological polar surface area (TPSA) is 52.7 Å². The summed E-state index contributed by atoms with van der Waals surface area (Å²) in [6.07, 6.45) is 0.936. The van der Waals surface area contributed by atoms with Gasteiger partial charge in [0, 0.05) is 25.7 Å². The lowest BCUT2D eigenvalue weighted by Gasteiger charge is -2.20. The molecular formula is C9H21N3O2S. The number of hydrogen-bond acceptors (Lipinski definition) is 4. The first kappa shape index (κ1) is 12.9. The average Bonchev–Trinajstić information content (AvgIpc) is 2.64. The van der Waals surface area contributed by atoms with Crippen LogP contribution < -0.4 is 5.32 Å². The van der Waals surface area contributed by atoms with Gasteiger partial charge in [-0.1, -0.05) is 0 Å². The van der Waals surface area contributed by atoms with Crippen molar-refractivity contribution in [2.45, 2.75) is 12.5 Å². The van der Waals surface area contributed by atoms with Gasteiger partial charge in [0.25, 0.3) is 0 Å². The van der Waals surface area contributed by atoms with Crippen molar-refractivity contribution in [1.82, 2.24) is 14.5 Å². The Balaban J connectivity index is 2.52. The largest absolute Gasteiger partial charge is 0.319 e. The highest BCUT2D eigenvalue weighted by atomic mass is 32.2. The van der Waals surface area contributed by atoms with Gasteiger partial charge in [-0.3, -0.25) is 0 Å². The lowest BCUT2D eigenvalue weighted by atomic mass is 10.2. The molecule has 0 spiro atoms. The Kier molecular flexibility index (Phi) is 4.51. The molecule has 0 amide bonds. The normalized spacial score (nSPS) is 23.9. The third-order valence-electron chi connectivity index (χ3n) is 2.86. The number of likely N-dealkylation sites (N-methyl/N-ethyl adjacent to an activating group) is 1. The molecule has 0 aromatic carbocycles. The highest BCUT2D eigenvalue weighted by Crippen LogP contribution is 2.16. The molecule has 1 rings (SSSR count). The second-order valence-corrected chi connectivity index (χ2v) is 6.27. The SMILES string of the molecule is CNCCS(=O)(=O)N1CCC(N(C)C)C1. The summed E-state index contributed by atoms with van der Waals surface area (Å²) in [7, 11) is 2.71. The first-order valence-corrected chi connectivity index (χ1v) is 6.87. The van der Waals surface area contributed by atoms with Gasteiger partial charge in [-0.2, -0.15) is 0 Å². The van der Waals surface area contributed by atoms with Gasteiger partial charge in [0.2, 0.25) is 10.0 Å². The molecule has 1 heterocycles. The predicted molar refractivity (Wildman–Crippen MR) is 61.4 cm³/mol. The Morgan fingerprint density at radius 1 is 1.47 bits per heavy atom. The number of nitrogens with one attached hydrogen (secondary N) is 1. The van der Waals surface area contributed by atoms with Gasteiger partial charge in [0.15, 0.2) is 0 Å². The van der Waals surface area contributed by atoms with Crippen LogP contribution in [0.3, 0.4) is 0 Å². The molecule has 6 heteroatoms. The molecule has 0 aliphatic carbocycles. The van der Waals surface area contributed by atoms with Gasteiger partial charge in [-0.25, -0.2) is 12.7 Å². The van der Waals surface area contributed by atoms with Crippen LogP contribution in [0.2, 0.25) is 0 Å². The van der Waals surface area contributed by atoms with E-state index in [-0.39, 0.29) is 5.75 Å². The molecule has 15 heavy (non-hydrogen) atoms. The molecule has 5 nitrogen and oxygen atoms in total. The third-order valence-corrected chi connectivity index (χ3v) is 4.70. The van der Waals surface area contributed by atoms with Crippen LogP contribution in [0.5, 0.6) is 0 Å². The van der Waals surface area contributed by atoms with Crippen LogP contribution in [0, 0.1) is 0 Å². The van der Waals surface area contributed by atoms with Crippen LogP contribution >= 0.6 is 0 Å². The lowest BCUT2D eigenvalue weighted by molar-refractivity contribution is 0.302. The highest BCUT2D eigenvalue weighted by molar-refractivity contribution is 7.89. The van der Waals surface area contributed by atoms with Gasteiger partial charge < -0.3 is 10.2 Å². The van der Waals surface area contributed by atoms with Crippen molar-refractivity contribution >= 4 is 10.0 Å². The molecular weight excluding hydrogens is 214 g/mol. The molecule has 1 aliphatic heterocycles. The van der Waals surface area contributed by atoms with Crippen LogP contribution in [0.1, 0.15) is 6.42 Å². The van der Waals surface area contributed by atoms with Crippen molar-refractivity contribution < 1.29 is 8.42 Å². The van der Waals surface area contributed by atoms with E-state index < -0.39 is 10.0 Å². The van der Waals surface area contributed by atoms with Crippen LogP contribution in [0.15, 0.2) is 0 Å². The van der Waals surface area contributed by atoms with E-state index in [0.717, 1.165) is 6.42 Å². The summed E-state index contributed by atoms with van der Waals surface area (Å²) in [5, 5.41) is 2.87. The Hall–Kier alpha value is -0.170. The number of hydrogen-bond donors (Lipinski definition) is 1. The molecule has 1 unspecified atom stereocenters. The van der Waals surface area contributed by atoms with E-state index >= 15 is 0 Å². The van der Waals surface area contributed by atoms with Crippen molar-refractivity contribution in [3.8, 4) is 0 Å². The molecule has 90 valence electrons. The molecule has 1 saturated heterocycles. The van der Waals surface area contributed by atoms with E-state index in [1.165, 1.54) is 0 Å². The minimum Gasteiger partial charge on any atom is -0.319 e. The van der Waals surface area contributed by atoms with E-state index in [4.69, 9.17) is 0 Å². The van der Waals surface area contributed by atoms with Gasteiger partial charge in [-0.05, 0) is 27.6 Å². The minimum absolute atomic E-state index is 0.198. The van der Waals surface area contributed by atoms with Crippen molar-refractivity contribution in [2.75, 3.05) is 46.5 Å². The quantitative estimate of drug-likeness (QED) is 0.676. The van der Waals surface area contributed by atoms with Crippen LogP contribution in [-0.2, 0) is 10.0 Å². The monoisotopic (exact) mass is 235 g/mol. The smallest absolute Gasteiger partial charge is 0.215 e. The second-order valence-electron chi connectivity index (χ2n) is 4.18. The summed E-state index contributed by atoms with van der Waals surface area (Å²) in [6.45, 7) is 1.82. The Morgan fingerprint density at radius 3 is 2.60 bits per heavy atom. The number of nitrogens with zero attached hydrogens (tertiary/aromatic N) is 2. The summed E-state index contributed by atoms with van der Waals surface area (Å²) in [5.41, 5.74) is 0. The standard InChI is InChI=1S/C9H21N3O2S/c1-10-5-7-15(13,14)12-6-4-9(8-12)11(2)3/h9-10H,4-8H2,1-3H3. The Bertz CT molecular complexity index is 290. The fourth-order valence-electron chi connectivity index (χ4n) is 1.74. The van der Waals surface area contributed by atoms with E-state index in [9.17, 15) is 8.42 Å². The van der Waals surface area contributed by atoms with Crippen molar-refractivity contribution in [3.05, 3.63) is 0 Å². The van der Waals surface area contributed by atoms with Crippen LogP contribution in [0.25, 0.3) is 0 Å². The summed E-state index contributed by atoms with van der Waals surface area (Å²) in [4.78, 5) is 2.09. The maximum absolute atomic E-state index is 11.8. The van der Waals surface area contributed by atoms with E-state index in [2.05, 4.69) is 10.2 Å². The first-order chi connectivity index (χ1) is 6.97. The Labute approximate surface area is 92.5 Å². The van der Waals surface area contributed by atoms with Gasteiger partial charge in [-0.15, -0.1) is 0 Å². The number of sulfonamides is 1. The average molecular weight is 235 g/mol. The fourth-order valence-corrected chi connectivity index (χ4v) is 3.25. The minimum atomic E-state index is -3.04. The molecule has 0 aromatic rings. The third kappa shape index (κ3) is 3.41. The molecule has 1 aliphatic rings. The summed E-state index contributed by atoms with van der Waals surface area (Å²) >= 11 is 0. The zero-order chi connectivity index (χ0) is 11.5. The molecule has 0 aromatic heterocycles. The molecule has 1 N–H and O–H groups in total. The predicted octanol–water partition coefficient (Wildman–Crippen LogP) is -0.828. The van der Waals surface area contributed by atoms with E-state index in [1.807, 2.05) is 14.1 Å². The van der Waals surface area contributed by atoms with E-state index in [1.54, 1.807) is 11.4 Å². The van der Waals surface area contributed by atoms with Crippen molar-refractivity contribution in [2.24, 2.45) is 0 Å². The Morgan fingerprint density at radius 2 is 2.13 bits per heavy atom. The van der Waals surface area contributed by atoms with Gasteiger partial charge >= 0.3 is 0 Å².